The Hall–Kier alpha value is -3.03. The number of hydrogen-bond acceptors (Lipinski definition) is 4. The second-order valence-corrected chi connectivity index (χ2v) is 6.58. The molecule has 0 aromatic heterocycles. The molecule has 0 heterocycles. The molecule has 8 heteroatoms. The fraction of sp³-hybridized carbons (Fsp3) is 0.333. The number of ether oxygens (including phenoxy) is 1. The first-order valence-corrected chi connectivity index (χ1v) is 9.20. The Bertz CT molecular complexity index is 853. The summed E-state index contributed by atoms with van der Waals surface area (Å²) in [5.74, 6) is -1.17. The molecule has 0 bridgehead atoms. The number of carbonyl (C=O) groups is 2. The summed E-state index contributed by atoms with van der Waals surface area (Å²) in [6.07, 6.45) is -2.75. The third-order valence-corrected chi connectivity index (χ3v) is 4.08. The first-order valence-electron chi connectivity index (χ1n) is 9.20. The van der Waals surface area contributed by atoms with Gasteiger partial charge in [0, 0.05) is 11.7 Å². The molecule has 2 rings (SSSR count). The van der Waals surface area contributed by atoms with Crippen LogP contribution in [0.25, 0.3) is 0 Å². The van der Waals surface area contributed by atoms with Crippen molar-refractivity contribution in [1.29, 1.82) is 0 Å². The van der Waals surface area contributed by atoms with E-state index in [1.807, 2.05) is 13.8 Å². The lowest BCUT2D eigenvalue weighted by Crippen LogP contribution is -2.35. The maximum atomic E-state index is 12.9. The van der Waals surface area contributed by atoms with Gasteiger partial charge in [-0.05, 0) is 43.7 Å². The molecule has 156 valence electrons. The molecule has 0 saturated carbocycles. The SMILES string of the molecule is CCC[C@H](C)NC(=O)COC(=O)c1ccccc1Nc1cccc(C(F)(F)F)c1. The van der Waals surface area contributed by atoms with E-state index in [0.717, 1.165) is 25.0 Å². The molecule has 0 aliphatic heterocycles. The summed E-state index contributed by atoms with van der Waals surface area (Å²) >= 11 is 0. The molecule has 1 atom stereocenters. The van der Waals surface area contributed by atoms with Gasteiger partial charge in [-0.25, -0.2) is 4.79 Å². The third-order valence-electron chi connectivity index (χ3n) is 4.08. The average Bonchev–Trinajstić information content (AvgIpc) is 2.66. The predicted octanol–water partition coefficient (Wildman–Crippen LogP) is 4.91. The highest BCUT2D eigenvalue weighted by Crippen LogP contribution is 2.31. The van der Waals surface area contributed by atoms with Crippen molar-refractivity contribution in [1.82, 2.24) is 5.32 Å². The molecular formula is C21H23F3N2O3. The molecule has 0 unspecified atom stereocenters. The van der Waals surface area contributed by atoms with Crippen LogP contribution in [0.15, 0.2) is 48.5 Å². The lowest BCUT2D eigenvalue weighted by molar-refractivity contribution is -0.137. The first-order chi connectivity index (χ1) is 13.7. The third kappa shape index (κ3) is 6.81. The minimum atomic E-state index is -4.47. The second kappa shape index (κ2) is 9.95. The van der Waals surface area contributed by atoms with Crippen LogP contribution in [-0.4, -0.2) is 24.5 Å². The van der Waals surface area contributed by atoms with Crippen molar-refractivity contribution in [2.45, 2.75) is 38.9 Å². The van der Waals surface area contributed by atoms with Crippen LogP contribution in [0.5, 0.6) is 0 Å². The fourth-order valence-electron chi connectivity index (χ4n) is 2.73. The van der Waals surface area contributed by atoms with Crippen molar-refractivity contribution in [3.8, 4) is 0 Å². The van der Waals surface area contributed by atoms with E-state index in [2.05, 4.69) is 10.6 Å². The zero-order valence-electron chi connectivity index (χ0n) is 16.2. The number of nitrogens with one attached hydrogen (secondary N) is 2. The summed E-state index contributed by atoms with van der Waals surface area (Å²) in [7, 11) is 0. The lowest BCUT2D eigenvalue weighted by atomic mass is 10.1. The highest BCUT2D eigenvalue weighted by molar-refractivity contribution is 5.97. The van der Waals surface area contributed by atoms with Crippen molar-refractivity contribution >= 4 is 23.3 Å². The topological polar surface area (TPSA) is 67.4 Å². The summed E-state index contributed by atoms with van der Waals surface area (Å²) in [5, 5.41) is 5.53. The highest BCUT2D eigenvalue weighted by atomic mass is 19.4. The van der Waals surface area contributed by atoms with Gasteiger partial charge in [0.05, 0.1) is 16.8 Å². The van der Waals surface area contributed by atoms with E-state index in [9.17, 15) is 22.8 Å². The Labute approximate surface area is 167 Å². The molecule has 0 spiro atoms. The molecule has 0 aliphatic rings. The number of benzene rings is 2. The number of rotatable bonds is 8. The van der Waals surface area contributed by atoms with Crippen molar-refractivity contribution < 1.29 is 27.5 Å². The van der Waals surface area contributed by atoms with Crippen LogP contribution in [0.3, 0.4) is 0 Å². The summed E-state index contributed by atoms with van der Waals surface area (Å²) in [6.45, 7) is 3.42. The first kappa shape index (κ1) is 22.3. The van der Waals surface area contributed by atoms with Crippen molar-refractivity contribution in [3.05, 3.63) is 59.7 Å². The van der Waals surface area contributed by atoms with Gasteiger partial charge >= 0.3 is 12.1 Å². The molecule has 2 N–H and O–H groups in total. The molecular weight excluding hydrogens is 385 g/mol. The van der Waals surface area contributed by atoms with Gasteiger partial charge in [0.1, 0.15) is 0 Å². The highest BCUT2D eigenvalue weighted by Gasteiger charge is 2.30. The minimum Gasteiger partial charge on any atom is -0.452 e. The van der Waals surface area contributed by atoms with Gasteiger partial charge in [0.2, 0.25) is 0 Å². The van der Waals surface area contributed by atoms with E-state index < -0.39 is 30.2 Å². The molecule has 2 aromatic rings. The maximum absolute atomic E-state index is 12.9. The van der Waals surface area contributed by atoms with Crippen LogP contribution in [-0.2, 0) is 15.7 Å². The van der Waals surface area contributed by atoms with Crippen LogP contribution >= 0.6 is 0 Å². The van der Waals surface area contributed by atoms with Crippen LogP contribution in [0.2, 0.25) is 0 Å². The average molecular weight is 408 g/mol. The largest absolute Gasteiger partial charge is 0.452 e. The molecule has 0 aliphatic carbocycles. The van der Waals surface area contributed by atoms with Crippen molar-refractivity contribution in [2.24, 2.45) is 0 Å². The quantitative estimate of drug-likeness (QED) is 0.609. The predicted molar refractivity (Wildman–Crippen MR) is 104 cm³/mol. The fourth-order valence-corrected chi connectivity index (χ4v) is 2.73. The monoisotopic (exact) mass is 408 g/mol. The zero-order valence-corrected chi connectivity index (χ0v) is 16.2. The van der Waals surface area contributed by atoms with Crippen LogP contribution in [0.1, 0.15) is 42.6 Å². The van der Waals surface area contributed by atoms with Crippen LogP contribution < -0.4 is 10.6 Å². The Kier molecular flexibility index (Phi) is 7.64. The van der Waals surface area contributed by atoms with E-state index in [0.29, 0.717) is 0 Å². The molecule has 2 aromatic carbocycles. The van der Waals surface area contributed by atoms with Gasteiger partial charge in [0.15, 0.2) is 6.61 Å². The molecule has 0 fully saturated rings. The Morgan fingerprint density at radius 1 is 1.10 bits per heavy atom. The van der Waals surface area contributed by atoms with Crippen molar-refractivity contribution in [3.63, 3.8) is 0 Å². The van der Waals surface area contributed by atoms with Gasteiger partial charge < -0.3 is 15.4 Å². The number of amides is 1. The summed E-state index contributed by atoms with van der Waals surface area (Å²) < 4.78 is 43.7. The van der Waals surface area contributed by atoms with E-state index in [4.69, 9.17) is 4.74 Å². The summed E-state index contributed by atoms with van der Waals surface area (Å²) in [5.41, 5.74) is -0.248. The maximum Gasteiger partial charge on any atom is 0.416 e. The number of halogens is 3. The van der Waals surface area contributed by atoms with Crippen molar-refractivity contribution in [2.75, 3.05) is 11.9 Å². The Morgan fingerprint density at radius 3 is 2.52 bits per heavy atom. The number of anilines is 2. The number of esters is 1. The molecule has 0 saturated heterocycles. The standard InChI is InChI=1S/C21H23F3N2O3/c1-3-7-14(2)25-19(27)13-29-20(28)17-10-4-5-11-18(17)26-16-9-6-8-15(12-16)21(22,23)24/h4-6,8-12,14,26H,3,7,13H2,1-2H3,(H,25,27)/t14-/m0/s1. The smallest absolute Gasteiger partial charge is 0.416 e. The second-order valence-electron chi connectivity index (χ2n) is 6.58. The van der Waals surface area contributed by atoms with E-state index in [1.54, 1.807) is 18.2 Å². The van der Waals surface area contributed by atoms with Gasteiger partial charge in [-0.3, -0.25) is 4.79 Å². The zero-order chi connectivity index (χ0) is 21.4. The summed E-state index contributed by atoms with van der Waals surface area (Å²) in [4.78, 5) is 24.2. The van der Waals surface area contributed by atoms with E-state index in [1.165, 1.54) is 18.2 Å². The number of para-hydroxylation sites is 1. The molecule has 5 nitrogen and oxygen atoms in total. The molecule has 1 amide bonds. The molecule has 29 heavy (non-hydrogen) atoms. The molecule has 0 radical (unpaired) electrons. The lowest BCUT2D eigenvalue weighted by Gasteiger charge is -2.15. The van der Waals surface area contributed by atoms with Crippen LogP contribution in [0, 0.1) is 0 Å². The number of hydrogen-bond donors (Lipinski definition) is 2. The van der Waals surface area contributed by atoms with Crippen LogP contribution in [0.4, 0.5) is 24.5 Å². The van der Waals surface area contributed by atoms with E-state index >= 15 is 0 Å². The van der Waals surface area contributed by atoms with Gasteiger partial charge in [-0.2, -0.15) is 13.2 Å². The van der Waals surface area contributed by atoms with Gasteiger partial charge in [-0.15, -0.1) is 0 Å². The Balaban J connectivity index is 2.07. The van der Waals surface area contributed by atoms with Gasteiger partial charge in [0.25, 0.3) is 5.91 Å². The van der Waals surface area contributed by atoms with Gasteiger partial charge in [-0.1, -0.05) is 31.5 Å². The minimum absolute atomic E-state index is 0.0268. The normalized spacial score (nSPS) is 12.2. The number of carbonyl (C=O) groups excluding carboxylic acids is 2. The number of alkyl halides is 3. The Morgan fingerprint density at radius 2 is 1.83 bits per heavy atom. The summed E-state index contributed by atoms with van der Waals surface area (Å²) in [6, 6.07) is 10.8. The van der Waals surface area contributed by atoms with E-state index in [-0.39, 0.29) is 23.0 Å².